The third-order valence-electron chi connectivity index (χ3n) is 5.25. The van der Waals surface area contributed by atoms with Crippen molar-refractivity contribution in [1.82, 2.24) is 19.5 Å². The molecule has 0 bridgehead atoms. The predicted octanol–water partition coefficient (Wildman–Crippen LogP) is 2.65. The maximum absolute atomic E-state index is 13.5. The summed E-state index contributed by atoms with van der Waals surface area (Å²) in [5.74, 6) is 0.890. The third-order valence-corrected chi connectivity index (χ3v) is 7.85. The van der Waals surface area contributed by atoms with E-state index in [1.54, 1.807) is 16.6 Å². The number of aryl methyl sites for hydroxylation is 2. The molecule has 0 unspecified atom stereocenters. The third kappa shape index (κ3) is 3.62. The van der Waals surface area contributed by atoms with Gasteiger partial charge in [-0.3, -0.25) is 0 Å². The van der Waals surface area contributed by atoms with Gasteiger partial charge in [0.1, 0.15) is 10.8 Å². The summed E-state index contributed by atoms with van der Waals surface area (Å²) in [5.41, 5.74) is 2.18. The first kappa shape index (κ1) is 20.2. The van der Waals surface area contributed by atoms with Gasteiger partial charge in [0.15, 0.2) is 10.5 Å². The van der Waals surface area contributed by atoms with Gasteiger partial charge in [0, 0.05) is 37.9 Å². The van der Waals surface area contributed by atoms with Crippen LogP contribution in [-0.4, -0.2) is 67.4 Å². The van der Waals surface area contributed by atoms with Gasteiger partial charge in [-0.2, -0.15) is 9.61 Å². The fourth-order valence-electron chi connectivity index (χ4n) is 3.55. The van der Waals surface area contributed by atoms with Gasteiger partial charge in [0.25, 0.3) is 0 Å². The number of hydrogen-bond acceptors (Lipinski definition) is 7. The highest BCUT2D eigenvalue weighted by Crippen LogP contribution is 2.34. The van der Waals surface area contributed by atoms with Gasteiger partial charge in [-0.05, 0) is 39.3 Å². The van der Waals surface area contributed by atoms with E-state index in [1.807, 2.05) is 38.3 Å². The fourth-order valence-corrected chi connectivity index (χ4v) is 5.94. The largest absolute Gasteiger partial charge is 0.354 e. The monoisotopic (exact) mass is 431 g/mol. The number of hydrogen-bond donors (Lipinski definition) is 0. The molecule has 1 aliphatic heterocycles. The van der Waals surface area contributed by atoms with Crippen molar-refractivity contribution < 1.29 is 8.42 Å². The Morgan fingerprint density at radius 1 is 1.03 bits per heavy atom. The molecule has 0 spiro atoms. The minimum absolute atomic E-state index is 0.188. The van der Waals surface area contributed by atoms with E-state index in [1.165, 1.54) is 11.8 Å². The van der Waals surface area contributed by atoms with Crippen LogP contribution >= 0.6 is 11.8 Å². The van der Waals surface area contributed by atoms with Crippen molar-refractivity contribution in [2.24, 2.45) is 0 Å². The van der Waals surface area contributed by atoms with E-state index in [-0.39, 0.29) is 9.79 Å². The lowest BCUT2D eigenvalue weighted by Gasteiger charge is -2.34. The topological polar surface area (TPSA) is 70.8 Å². The van der Waals surface area contributed by atoms with Gasteiger partial charge < -0.3 is 9.80 Å². The van der Waals surface area contributed by atoms with Crippen LogP contribution in [0.2, 0.25) is 0 Å². The molecule has 4 rings (SSSR count). The highest BCUT2D eigenvalue weighted by atomic mass is 32.2. The van der Waals surface area contributed by atoms with E-state index in [2.05, 4.69) is 26.9 Å². The summed E-state index contributed by atoms with van der Waals surface area (Å²) in [6, 6.07) is 8.90. The second-order valence-electron chi connectivity index (χ2n) is 7.44. The molecule has 1 fully saturated rings. The van der Waals surface area contributed by atoms with E-state index in [0.717, 1.165) is 43.3 Å². The highest BCUT2D eigenvalue weighted by Gasteiger charge is 2.30. The van der Waals surface area contributed by atoms with Crippen LogP contribution in [0.1, 0.15) is 11.3 Å². The molecule has 0 radical (unpaired) electrons. The zero-order valence-electron chi connectivity index (χ0n) is 17.1. The van der Waals surface area contributed by atoms with Crippen molar-refractivity contribution in [3.05, 3.63) is 41.6 Å². The minimum atomic E-state index is -3.75. The molecule has 7 nitrogen and oxygen atoms in total. The van der Waals surface area contributed by atoms with Gasteiger partial charge in [-0.25, -0.2) is 13.4 Å². The molecule has 1 saturated heterocycles. The van der Waals surface area contributed by atoms with Crippen LogP contribution in [0, 0.1) is 13.8 Å². The van der Waals surface area contributed by atoms with Crippen LogP contribution in [0.4, 0.5) is 5.82 Å². The Kier molecular flexibility index (Phi) is 5.30. The average molecular weight is 432 g/mol. The number of sulfone groups is 1. The maximum Gasteiger partial charge on any atom is 0.213 e. The van der Waals surface area contributed by atoms with Gasteiger partial charge in [-0.1, -0.05) is 17.7 Å². The summed E-state index contributed by atoms with van der Waals surface area (Å²) < 4.78 is 28.7. The first-order chi connectivity index (χ1) is 13.8. The van der Waals surface area contributed by atoms with Crippen LogP contribution in [0.15, 0.2) is 45.1 Å². The molecular weight excluding hydrogens is 406 g/mol. The number of aromatic nitrogens is 3. The minimum Gasteiger partial charge on any atom is -0.354 e. The molecule has 0 amide bonds. The van der Waals surface area contributed by atoms with Crippen LogP contribution < -0.4 is 4.90 Å². The van der Waals surface area contributed by atoms with E-state index in [0.29, 0.717) is 10.7 Å². The van der Waals surface area contributed by atoms with E-state index in [9.17, 15) is 8.42 Å². The van der Waals surface area contributed by atoms with Crippen molar-refractivity contribution in [3.8, 4) is 0 Å². The SMILES string of the molecule is CSc1nn2c(N3CCN(C)CC3)cc(C)nc2c1S(=O)(=O)c1ccc(C)cc1. The summed E-state index contributed by atoms with van der Waals surface area (Å²) >= 11 is 1.33. The first-order valence-electron chi connectivity index (χ1n) is 9.51. The number of anilines is 1. The number of piperazine rings is 1. The van der Waals surface area contributed by atoms with Crippen LogP contribution in [-0.2, 0) is 9.84 Å². The Balaban J connectivity index is 1.92. The summed E-state index contributed by atoms with van der Waals surface area (Å²) in [4.78, 5) is 9.58. The Bertz CT molecular complexity index is 1150. The van der Waals surface area contributed by atoms with E-state index < -0.39 is 9.84 Å². The quantitative estimate of drug-likeness (QED) is 0.588. The lowest BCUT2D eigenvalue weighted by Crippen LogP contribution is -2.45. The summed E-state index contributed by atoms with van der Waals surface area (Å²) in [6.07, 6.45) is 1.85. The molecule has 1 aliphatic rings. The van der Waals surface area contributed by atoms with Gasteiger partial charge in [0.2, 0.25) is 9.84 Å². The maximum atomic E-state index is 13.5. The van der Waals surface area contributed by atoms with Crippen LogP contribution in [0.25, 0.3) is 5.65 Å². The lowest BCUT2D eigenvalue weighted by molar-refractivity contribution is 0.311. The fraction of sp³-hybridized carbons (Fsp3) is 0.400. The number of benzene rings is 1. The summed E-state index contributed by atoms with van der Waals surface area (Å²) in [6.45, 7) is 7.47. The van der Waals surface area contributed by atoms with Crippen LogP contribution in [0.5, 0.6) is 0 Å². The van der Waals surface area contributed by atoms with Gasteiger partial charge in [0.05, 0.1) is 4.90 Å². The molecule has 154 valence electrons. The molecule has 0 aliphatic carbocycles. The summed E-state index contributed by atoms with van der Waals surface area (Å²) in [5, 5.41) is 5.13. The lowest BCUT2D eigenvalue weighted by atomic mass is 10.2. The molecule has 3 aromatic rings. The highest BCUT2D eigenvalue weighted by molar-refractivity contribution is 7.99. The number of nitrogens with zero attached hydrogens (tertiary/aromatic N) is 5. The predicted molar refractivity (Wildman–Crippen MR) is 116 cm³/mol. The molecule has 2 aromatic heterocycles. The molecule has 0 saturated carbocycles. The normalized spacial score (nSPS) is 15.9. The average Bonchev–Trinajstić information content (AvgIpc) is 3.07. The first-order valence-corrected chi connectivity index (χ1v) is 12.2. The Morgan fingerprint density at radius 3 is 2.31 bits per heavy atom. The molecule has 3 heterocycles. The van der Waals surface area contributed by atoms with Crippen molar-refractivity contribution in [2.45, 2.75) is 28.7 Å². The molecule has 0 atom stereocenters. The second kappa shape index (κ2) is 7.62. The van der Waals surface area contributed by atoms with Crippen molar-refractivity contribution in [1.29, 1.82) is 0 Å². The zero-order chi connectivity index (χ0) is 20.8. The van der Waals surface area contributed by atoms with E-state index in [4.69, 9.17) is 0 Å². The molecule has 29 heavy (non-hydrogen) atoms. The number of fused-ring (bicyclic) bond motifs is 1. The smallest absolute Gasteiger partial charge is 0.213 e. The molecule has 0 N–H and O–H groups in total. The molecular formula is C20H25N5O2S2. The second-order valence-corrected chi connectivity index (χ2v) is 10.1. The molecule has 1 aromatic carbocycles. The molecule has 9 heteroatoms. The van der Waals surface area contributed by atoms with Crippen molar-refractivity contribution >= 4 is 33.1 Å². The summed E-state index contributed by atoms with van der Waals surface area (Å²) in [7, 11) is -1.64. The van der Waals surface area contributed by atoms with Gasteiger partial charge >= 0.3 is 0 Å². The Labute approximate surface area is 175 Å². The Morgan fingerprint density at radius 2 is 1.69 bits per heavy atom. The standard InChI is InChI=1S/C20H25N5O2S2/c1-14-5-7-16(8-6-14)29(26,27)18-19-21-15(2)13-17(25(19)22-20(18)28-4)24-11-9-23(3)10-12-24/h5-8,13H,9-12H2,1-4H3. The number of rotatable bonds is 4. The zero-order valence-corrected chi connectivity index (χ0v) is 18.7. The van der Waals surface area contributed by atoms with Crippen molar-refractivity contribution in [3.63, 3.8) is 0 Å². The van der Waals surface area contributed by atoms with Crippen molar-refractivity contribution in [2.75, 3.05) is 44.4 Å². The van der Waals surface area contributed by atoms with Crippen LogP contribution in [0.3, 0.4) is 0 Å². The number of thioether (sulfide) groups is 1. The Hall–Kier alpha value is -2.10. The van der Waals surface area contributed by atoms with E-state index >= 15 is 0 Å². The van der Waals surface area contributed by atoms with Gasteiger partial charge in [-0.15, -0.1) is 11.8 Å². The number of likely N-dealkylation sites (N-methyl/N-ethyl adjacent to an activating group) is 1.